The molecule has 2 rings (SSSR count). The number of benzene rings is 2. The molecule has 0 saturated carbocycles. The molecule has 29 heavy (non-hydrogen) atoms. The number of carbonyl (C=O) groups is 4. The Balaban J connectivity index is 2.12. The van der Waals surface area contributed by atoms with Gasteiger partial charge in [-0.1, -0.05) is 6.07 Å². The smallest absolute Gasteiger partial charge is 0.339 e. The SMILES string of the molecule is COC(=O)c1ccc(C(=O)OC)c(NC(=O)COC(=O)c2ccc(C)c(C)c2)c1. The van der Waals surface area contributed by atoms with Crippen LogP contribution in [0.15, 0.2) is 36.4 Å². The van der Waals surface area contributed by atoms with Crippen molar-refractivity contribution in [1.29, 1.82) is 0 Å². The monoisotopic (exact) mass is 399 g/mol. The van der Waals surface area contributed by atoms with Crippen molar-refractivity contribution in [1.82, 2.24) is 0 Å². The van der Waals surface area contributed by atoms with Crippen LogP contribution in [0.5, 0.6) is 0 Å². The summed E-state index contributed by atoms with van der Waals surface area (Å²) in [7, 11) is 2.40. The molecular weight excluding hydrogens is 378 g/mol. The number of methoxy groups -OCH3 is 2. The van der Waals surface area contributed by atoms with Crippen molar-refractivity contribution in [2.24, 2.45) is 0 Å². The maximum atomic E-state index is 12.2. The number of carbonyl (C=O) groups excluding carboxylic acids is 4. The van der Waals surface area contributed by atoms with Gasteiger partial charge >= 0.3 is 17.9 Å². The number of rotatable bonds is 6. The number of amides is 1. The summed E-state index contributed by atoms with van der Waals surface area (Å²) in [6.07, 6.45) is 0. The van der Waals surface area contributed by atoms with Crippen LogP contribution in [0.1, 0.15) is 42.2 Å². The average Bonchev–Trinajstić information content (AvgIpc) is 2.72. The number of esters is 3. The molecule has 1 N–H and O–H groups in total. The van der Waals surface area contributed by atoms with E-state index in [0.717, 1.165) is 11.1 Å². The number of hydrogen-bond donors (Lipinski definition) is 1. The second-order valence-corrected chi connectivity index (χ2v) is 6.17. The molecule has 8 nitrogen and oxygen atoms in total. The lowest BCUT2D eigenvalue weighted by Crippen LogP contribution is -2.22. The fourth-order valence-electron chi connectivity index (χ4n) is 2.45. The van der Waals surface area contributed by atoms with Crippen LogP contribution in [0.25, 0.3) is 0 Å². The lowest BCUT2D eigenvalue weighted by molar-refractivity contribution is -0.119. The van der Waals surface area contributed by atoms with Crippen molar-refractivity contribution in [2.45, 2.75) is 13.8 Å². The van der Waals surface area contributed by atoms with Crippen LogP contribution < -0.4 is 5.32 Å². The standard InChI is InChI=1S/C21H21NO7/c1-12-5-6-14(9-13(12)2)20(25)29-11-18(23)22-17-10-15(19(24)27-3)7-8-16(17)21(26)28-4/h5-10H,11H2,1-4H3,(H,22,23). The van der Waals surface area contributed by atoms with Gasteiger partial charge in [-0.05, 0) is 55.3 Å². The molecule has 0 atom stereocenters. The first-order valence-electron chi connectivity index (χ1n) is 8.61. The highest BCUT2D eigenvalue weighted by molar-refractivity contribution is 6.04. The highest BCUT2D eigenvalue weighted by Crippen LogP contribution is 2.20. The number of anilines is 1. The Hall–Kier alpha value is -3.68. The first-order chi connectivity index (χ1) is 13.8. The van der Waals surface area contributed by atoms with Gasteiger partial charge in [0.05, 0.1) is 36.6 Å². The maximum absolute atomic E-state index is 12.2. The molecule has 0 bridgehead atoms. The Morgan fingerprint density at radius 3 is 2.03 bits per heavy atom. The molecule has 152 valence electrons. The molecule has 0 saturated heterocycles. The van der Waals surface area contributed by atoms with E-state index < -0.39 is 30.4 Å². The lowest BCUT2D eigenvalue weighted by Gasteiger charge is -2.12. The fourth-order valence-corrected chi connectivity index (χ4v) is 2.45. The predicted molar refractivity (Wildman–Crippen MR) is 104 cm³/mol. The van der Waals surface area contributed by atoms with Crippen molar-refractivity contribution < 1.29 is 33.4 Å². The summed E-state index contributed by atoms with van der Waals surface area (Å²) in [5.74, 6) is -2.68. The zero-order valence-electron chi connectivity index (χ0n) is 16.5. The van der Waals surface area contributed by atoms with Gasteiger partial charge in [0.2, 0.25) is 0 Å². The van der Waals surface area contributed by atoms with Crippen molar-refractivity contribution >= 4 is 29.5 Å². The van der Waals surface area contributed by atoms with Crippen LogP contribution in [0.3, 0.4) is 0 Å². The third-order valence-corrected chi connectivity index (χ3v) is 4.20. The molecule has 1 amide bonds. The van der Waals surface area contributed by atoms with Crippen LogP contribution >= 0.6 is 0 Å². The van der Waals surface area contributed by atoms with E-state index >= 15 is 0 Å². The normalized spacial score (nSPS) is 10.1. The van der Waals surface area contributed by atoms with Crippen molar-refractivity contribution in [3.05, 3.63) is 64.2 Å². The minimum Gasteiger partial charge on any atom is -0.465 e. The van der Waals surface area contributed by atoms with Gasteiger partial charge in [-0.15, -0.1) is 0 Å². The summed E-state index contributed by atoms with van der Waals surface area (Å²) in [6, 6.07) is 9.04. The third-order valence-electron chi connectivity index (χ3n) is 4.20. The summed E-state index contributed by atoms with van der Waals surface area (Å²) in [4.78, 5) is 48.0. The first kappa shape index (κ1) is 21.6. The molecule has 0 aromatic heterocycles. The van der Waals surface area contributed by atoms with Crippen molar-refractivity contribution in [3.8, 4) is 0 Å². The number of hydrogen-bond acceptors (Lipinski definition) is 7. The summed E-state index contributed by atoms with van der Waals surface area (Å²) in [6.45, 7) is 3.20. The van der Waals surface area contributed by atoms with Gasteiger partial charge in [-0.2, -0.15) is 0 Å². The number of aryl methyl sites for hydroxylation is 2. The van der Waals surface area contributed by atoms with Gasteiger partial charge in [-0.25, -0.2) is 14.4 Å². The molecule has 2 aromatic rings. The first-order valence-corrected chi connectivity index (χ1v) is 8.61. The van der Waals surface area contributed by atoms with E-state index in [9.17, 15) is 19.2 Å². The zero-order chi connectivity index (χ0) is 21.6. The van der Waals surface area contributed by atoms with Crippen LogP contribution in [-0.4, -0.2) is 44.6 Å². The quantitative estimate of drug-likeness (QED) is 0.588. The second kappa shape index (κ2) is 9.50. The average molecular weight is 399 g/mol. The van der Waals surface area contributed by atoms with Crippen LogP contribution in [-0.2, 0) is 19.0 Å². The zero-order valence-corrected chi connectivity index (χ0v) is 16.5. The van der Waals surface area contributed by atoms with Gasteiger partial charge in [0.15, 0.2) is 6.61 Å². The van der Waals surface area contributed by atoms with Gasteiger partial charge in [0.1, 0.15) is 0 Å². The molecule has 0 spiro atoms. The van der Waals surface area contributed by atoms with Gasteiger partial charge in [0.25, 0.3) is 5.91 Å². The summed E-state index contributed by atoms with van der Waals surface area (Å²) in [5, 5.41) is 2.45. The topological polar surface area (TPSA) is 108 Å². The van der Waals surface area contributed by atoms with Crippen LogP contribution in [0, 0.1) is 13.8 Å². The predicted octanol–water partition coefficient (Wildman–Crippen LogP) is 2.67. The minimum absolute atomic E-state index is 0.0342. The van der Waals surface area contributed by atoms with Crippen molar-refractivity contribution in [2.75, 3.05) is 26.1 Å². The van der Waals surface area contributed by atoms with Crippen LogP contribution in [0.4, 0.5) is 5.69 Å². The summed E-state index contributed by atoms with van der Waals surface area (Å²) >= 11 is 0. The minimum atomic E-state index is -0.705. The Labute approximate surface area is 167 Å². The van der Waals surface area contributed by atoms with E-state index in [2.05, 4.69) is 14.8 Å². The molecule has 0 unspecified atom stereocenters. The van der Waals surface area contributed by atoms with Gasteiger partial charge < -0.3 is 19.5 Å². The summed E-state index contributed by atoms with van der Waals surface area (Å²) in [5.41, 5.74) is 2.47. The van der Waals surface area contributed by atoms with E-state index in [1.54, 1.807) is 18.2 Å². The van der Waals surface area contributed by atoms with E-state index in [4.69, 9.17) is 4.74 Å². The fraction of sp³-hybridized carbons (Fsp3) is 0.238. The molecule has 8 heteroatoms. The molecule has 0 aliphatic carbocycles. The molecule has 0 aliphatic rings. The molecular formula is C21H21NO7. The molecule has 0 radical (unpaired) electrons. The van der Waals surface area contributed by atoms with E-state index in [0.29, 0.717) is 5.56 Å². The van der Waals surface area contributed by atoms with Gasteiger partial charge in [-0.3, -0.25) is 4.79 Å². The van der Waals surface area contributed by atoms with Crippen molar-refractivity contribution in [3.63, 3.8) is 0 Å². The molecule has 0 heterocycles. The maximum Gasteiger partial charge on any atom is 0.339 e. The van der Waals surface area contributed by atoms with Gasteiger partial charge in [0, 0.05) is 0 Å². The number of ether oxygens (including phenoxy) is 3. The Kier molecular flexibility index (Phi) is 7.08. The number of nitrogens with one attached hydrogen (secondary N) is 1. The second-order valence-electron chi connectivity index (χ2n) is 6.17. The van der Waals surface area contributed by atoms with Crippen LogP contribution in [0.2, 0.25) is 0 Å². The molecule has 2 aromatic carbocycles. The van der Waals surface area contributed by atoms with E-state index in [1.807, 2.05) is 13.8 Å². The lowest BCUT2D eigenvalue weighted by atomic mass is 10.1. The Morgan fingerprint density at radius 2 is 1.41 bits per heavy atom. The Morgan fingerprint density at radius 1 is 0.793 bits per heavy atom. The Bertz CT molecular complexity index is 965. The highest BCUT2D eigenvalue weighted by Gasteiger charge is 2.18. The van der Waals surface area contributed by atoms with E-state index in [-0.39, 0.29) is 16.8 Å². The molecule has 0 aliphatic heterocycles. The molecule has 0 fully saturated rings. The third kappa shape index (κ3) is 5.41. The summed E-state index contributed by atoms with van der Waals surface area (Å²) < 4.78 is 14.3. The highest BCUT2D eigenvalue weighted by atomic mass is 16.5. The largest absolute Gasteiger partial charge is 0.465 e. The van der Waals surface area contributed by atoms with E-state index in [1.165, 1.54) is 32.4 Å².